The number of urea groups is 7. The highest BCUT2D eigenvalue weighted by Gasteiger charge is 2.42. The van der Waals surface area contributed by atoms with Crippen LogP contribution in [0.4, 0.5) is 33.6 Å². The van der Waals surface area contributed by atoms with E-state index in [1.165, 1.54) is 9.80 Å². The van der Waals surface area contributed by atoms with Crippen molar-refractivity contribution in [3.63, 3.8) is 0 Å². The molecule has 0 spiro atoms. The van der Waals surface area contributed by atoms with E-state index < -0.39 is 0 Å². The third kappa shape index (κ3) is 6.84. The predicted molar refractivity (Wildman–Crippen MR) is 175 cm³/mol. The van der Waals surface area contributed by atoms with Gasteiger partial charge >= 0.3 is 42.2 Å². The predicted octanol–water partition coefficient (Wildman–Crippen LogP) is -1.60. The molecule has 7 heterocycles. The minimum absolute atomic E-state index is 0.0185. The minimum atomic E-state index is -0.230. The van der Waals surface area contributed by atoms with Gasteiger partial charge in [-0.3, -0.25) is 0 Å². The Balaban J connectivity index is 0.000000485. The van der Waals surface area contributed by atoms with Crippen LogP contribution in [0.5, 0.6) is 0 Å². The van der Waals surface area contributed by atoms with Crippen LogP contribution in [0.3, 0.4) is 0 Å². The summed E-state index contributed by atoms with van der Waals surface area (Å²) in [5, 5.41) is 0. The summed E-state index contributed by atoms with van der Waals surface area (Å²) in [6.07, 6.45) is 0. The minimum Gasteiger partial charge on any atom is -0.331 e. The van der Waals surface area contributed by atoms with E-state index in [-0.39, 0.29) is 82.2 Å². The van der Waals surface area contributed by atoms with Gasteiger partial charge in [-0.25, -0.2) is 33.6 Å². The van der Waals surface area contributed by atoms with E-state index in [0.29, 0.717) is 78.5 Å². The van der Waals surface area contributed by atoms with Gasteiger partial charge in [-0.15, -0.1) is 0 Å². The van der Waals surface area contributed by atoms with E-state index in [2.05, 4.69) is 0 Å². The highest BCUT2D eigenvalue weighted by atomic mass is 16.2. The highest BCUT2D eigenvalue weighted by Crippen LogP contribution is 2.21. The first kappa shape index (κ1) is 34.7. The number of fused-ring (bicyclic) bond motifs is 12. The van der Waals surface area contributed by atoms with Crippen molar-refractivity contribution in [3.05, 3.63) is 0 Å². The van der Waals surface area contributed by atoms with Crippen LogP contribution in [-0.4, -0.2) is 258 Å². The van der Waals surface area contributed by atoms with E-state index in [0.717, 1.165) is 0 Å². The van der Waals surface area contributed by atoms with Gasteiger partial charge in [0.2, 0.25) is 0 Å². The fraction of sp³-hybridized carbons (Fsp3) is 0.759. The quantitative estimate of drug-likeness (QED) is 0.293. The van der Waals surface area contributed by atoms with Crippen molar-refractivity contribution in [2.45, 2.75) is 0 Å². The van der Waals surface area contributed by atoms with E-state index >= 15 is 0 Å². The molecule has 0 radical (unpaired) electrons. The van der Waals surface area contributed by atoms with Crippen molar-refractivity contribution < 1.29 is 33.6 Å². The van der Waals surface area contributed by atoms with Crippen LogP contribution >= 0.6 is 0 Å². The van der Waals surface area contributed by atoms with Crippen LogP contribution in [0, 0.1) is 0 Å². The van der Waals surface area contributed by atoms with Gasteiger partial charge in [-0.1, -0.05) is 0 Å². The molecule has 12 bridgehead atoms. The Morgan fingerprint density at radius 3 is 0.520 bits per heavy atom. The second-order valence-electron chi connectivity index (χ2n) is 13.8. The lowest BCUT2D eigenvalue weighted by molar-refractivity contribution is 0.131. The van der Waals surface area contributed by atoms with Crippen LogP contribution in [0.2, 0.25) is 0 Å². The zero-order chi connectivity index (χ0) is 35.9. The SMILES string of the molecule is CN(C)C(=O)N(C)C.O=C1N2CCN1CN1CCN(CN3CCN(CN4CCN(CN5CCN(CN6CCN(C2)C6=O)C5=O)C4=O)C3=O)C1=O. The van der Waals surface area contributed by atoms with Gasteiger partial charge in [0, 0.05) is 107 Å². The molecule has 14 amide bonds. The molecule has 0 aromatic rings. The van der Waals surface area contributed by atoms with Crippen molar-refractivity contribution in [3.8, 4) is 0 Å². The van der Waals surface area contributed by atoms with Crippen LogP contribution in [0.1, 0.15) is 0 Å². The second-order valence-corrected chi connectivity index (χ2v) is 13.8. The molecule has 7 aliphatic heterocycles. The van der Waals surface area contributed by atoms with Crippen molar-refractivity contribution in [1.29, 1.82) is 0 Å². The van der Waals surface area contributed by atoms with E-state index in [1.807, 2.05) is 0 Å². The van der Waals surface area contributed by atoms with Crippen molar-refractivity contribution in [1.82, 2.24) is 68.6 Å². The molecule has 21 nitrogen and oxygen atoms in total. The number of carbonyl (C=O) groups excluding carboxylic acids is 7. The first-order chi connectivity index (χ1) is 23.8. The molecule has 7 fully saturated rings. The number of nitrogens with zero attached hydrogens (tertiary/aromatic N) is 14. The van der Waals surface area contributed by atoms with Gasteiger partial charge in [0.15, 0.2) is 0 Å². The molecular formula is C29H48N14O7. The van der Waals surface area contributed by atoms with Crippen LogP contribution in [0.25, 0.3) is 0 Å². The molecule has 0 aromatic heterocycles. The van der Waals surface area contributed by atoms with Crippen molar-refractivity contribution >= 4 is 42.2 Å². The number of hydrogen-bond donors (Lipinski definition) is 0. The maximum Gasteiger partial charge on any atom is 0.322 e. The van der Waals surface area contributed by atoms with Gasteiger partial charge in [0.25, 0.3) is 0 Å². The largest absolute Gasteiger partial charge is 0.331 e. The lowest BCUT2D eigenvalue weighted by atomic mass is 10.5. The maximum atomic E-state index is 13.2. The molecule has 7 aliphatic rings. The summed E-state index contributed by atoms with van der Waals surface area (Å²) in [4.78, 5) is 112. The number of carbonyl (C=O) groups is 7. The Bertz CT molecular complexity index is 1080. The molecule has 0 atom stereocenters. The monoisotopic (exact) mass is 704 g/mol. The number of hydrogen-bond acceptors (Lipinski definition) is 7. The standard InChI is InChI=1S/C24H36N12O6.C5H12N2O/c37-19-25-1-2-26(19)14-28-5-6-30(21(28)39)16-32-9-10-34(23(32)41)18-36-12-11-35(24(36)42)17-33-8-7-31(22(33)40)15-29-4-3-27(13-25)20(29)38;1-6(2)5(8)7(3)4/h1-18H2;1-4H3. The highest BCUT2D eigenvalue weighted by molar-refractivity contribution is 5.83. The summed E-state index contributed by atoms with van der Waals surface area (Å²) in [5.41, 5.74) is 0. The Labute approximate surface area is 291 Å². The fourth-order valence-corrected chi connectivity index (χ4v) is 7.01. The van der Waals surface area contributed by atoms with E-state index in [1.54, 1.807) is 87.0 Å². The van der Waals surface area contributed by atoms with Crippen LogP contribution in [-0.2, 0) is 0 Å². The topological polar surface area (TPSA) is 165 Å². The second kappa shape index (κ2) is 14.0. The molecule has 7 rings (SSSR count). The average molecular weight is 705 g/mol. The van der Waals surface area contributed by atoms with E-state index in [9.17, 15) is 33.6 Å². The molecule has 276 valence electrons. The summed E-state index contributed by atoms with van der Waals surface area (Å²) in [6.45, 7) is 6.18. The third-order valence-electron chi connectivity index (χ3n) is 9.90. The molecule has 0 saturated carbocycles. The molecule has 7 saturated heterocycles. The molecule has 21 heteroatoms. The molecule has 50 heavy (non-hydrogen) atoms. The summed E-state index contributed by atoms with van der Waals surface area (Å²) >= 11 is 0. The van der Waals surface area contributed by atoms with Crippen LogP contribution in [0.15, 0.2) is 0 Å². The molecule has 0 aliphatic carbocycles. The smallest absolute Gasteiger partial charge is 0.322 e. The maximum absolute atomic E-state index is 13.2. The lowest BCUT2D eigenvalue weighted by Crippen LogP contribution is -2.48. The Kier molecular flexibility index (Phi) is 9.74. The summed E-state index contributed by atoms with van der Waals surface area (Å²) in [7, 11) is 6.90. The first-order valence-electron chi connectivity index (χ1n) is 16.9. The van der Waals surface area contributed by atoms with Crippen molar-refractivity contribution in [2.75, 3.05) is 147 Å². The third-order valence-corrected chi connectivity index (χ3v) is 9.90. The molecule has 0 N–H and O–H groups in total. The van der Waals surface area contributed by atoms with Gasteiger partial charge in [0.05, 0.1) is 40.0 Å². The average Bonchev–Trinajstić information content (AvgIpc) is 3.93. The molecule has 0 unspecified atom stereocenters. The van der Waals surface area contributed by atoms with E-state index in [4.69, 9.17) is 0 Å². The van der Waals surface area contributed by atoms with Gasteiger partial charge in [-0.05, 0) is 0 Å². The zero-order valence-electron chi connectivity index (χ0n) is 29.3. The molecular weight excluding hydrogens is 656 g/mol. The van der Waals surface area contributed by atoms with Gasteiger partial charge < -0.3 is 68.6 Å². The fourth-order valence-electron chi connectivity index (χ4n) is 7.01. The first-order valence-corrected chi connectivity index (χ1v) is 16.9. The molecule has 0 aromatic carbocycles. The van der Waals surface area contributed by atoms with Gasteiger partial charge in [-0.2, -0.15) is 0 Å². The lowest BCUT2D eigenvalue weighted by Gasteiger charge is -2.29. The summed E-state index contributed by atoms with van der Waals surface area (Å²) in [6, 6.07) is -1.36. The van der Waals surface area contributed by atoms with Crippen LogP contribution < -0.4 is 0 Å². The number of rotatable bonds is 0. The van der Waals surface area contributed by atoms with Crippen molar-refractivity contribution in [2.24, 2.45) is 0 Å². The Morgan fingerprint density at radius 1 is 0.320 bits per heavy atom. The Hall–Kier alpha value is -5.11. The normalized spacial score (nSPS) is 23.2. The summed E-state index contributed by atoms with van der Waals surface area (Å²) in [5.74, 6) is 0. The summed E-state index contributed by atoms with van der Waals surface area (Å²) < 4.78 is 0. The van der Waals surface area contributed by atoms with Gasteiger partial charge in [0.1, 0.15) is 0 Å². The Morgan fingerprint density at radius 2 is 0.440 bits per heavy atom. The number of amides is 14. The zero-order valence-corrected chi connectivity index (χ0v) is 29.3.